The maximum absolute atomic E-state index is 15.7. The molecule has 6 aromatic rings. The molecule has 0 radical (unpaired) electrons. The topological polar surface area (TPSA) is 144 Å². The van der Waals surface area contributed by atoms with Gasteiger partial charge in [0.25, 0.3) is 5.91 Å². The Morgan fingerprint density at radius 2 is 1.82 bits per heavy atom. The molecule has 11 rings (SSSR count). The van der Waals surface area contributed by atoms with E-state index in [0.29, 0.717) is 75.9 Å². The number of fused-ring (bicyclic) bond motifs is 3. The molecule has 3 unspecified atom stereocenters. The molecular weight excluding hydrogens is 913 g/mol. The van der Waals surface area contributed by atoms with Gasteiger partial charge >= 0.3 is 5.76 Å². The highest BCUT2D eigenvalue weighted by Gasteiger charge is 2.59. The Morgan fingerprint density at radius 3 is 2.58 bits per heavy atom. The first-order valence-electron chi connectivity index (χ1n) is 26.1. The molecule has 1 N–H and O–H groups in total. The van der Waals surface area contributed by atoms with E-state index >= 15 is 4.79 Å². The first-order chi connectivity index (χ1) is 35.3. The fraction of sp³-hybridized carbons (Fsp3) is 0.400. The molecule has 13 nitrogen and oxygen atoms in total. The first kappa shape index (κ1) is 48.2. The molecule has 2 aliphatic carbocycles. The van der Waals surface area contributed by atoms with Gasteiger partial charge < -0.3 is 14.2 Å². The lowest BCUT2D eigenvalue weighted by Crippen LogP contribution is -2.42. The number of benzene rings is 3. The number of H-pyrrole nitrogens is 1. The van der Waals surface area contributed by atoms with Crippen LogP contribution in [0, 0.1) is 43.4 Å². The third-order valence-electron chi connectivity index (χ3n) is 17.2. The summed E-state index contributed by atoms with van der Waals surface area (Å²) in [4.78, 5) is 54.6. The zero-order chi connectivity index (χ0) is 50.9. The minimum atomic E-state index is -0.776. The van der Waals surface area contributed by atoms with Crippen LogP contribution >= 0.6 is 0 Å². The van der Waals surface area contributed by atoms with Gasteiger partial charge in [0.15, 0.2) is 5.82 Å². The number of aromatic nitrogens is 5. The predicted molar refractivity (Wildman–Crippen MR) is 288 cm³/mol. The Balaban J connectivity index is 0.988. The van der Waals surface area contributed by atoms with Crippen molar-refractivity contribution < 1.29 is 18.8 Å². The lowest BCUT2D eigenvalue weighted by atomic mass is 9.68. The van der Waals surface area contributed by atoms with Crippen LogP contribution in [0.2, 0.25) is 0 Å². The molecule has 13 heteroatoms. The number of aromatic amines is 1. The number of carbonyl (C=O) groups is 2. The van der Waals surface area contributed by atoms with E-state index in [1.54, 1.807) is 12.0 Å². The van der Waals surface area contributed by atoms with Gasteiger partial charge in [0.05, 0.1) is 24.9 Å². The average Bonchev–Trinajstić information content (AvgIpc) is 3.67. The highest BCUT2D eigenvalue weighted by Crippen LogP contribution is 2.56. The van der Waals surface area contributed by atoms with Crippen molar-refractivity contribution in [1.29, 1.82) is 0 Å². The fourth-order valence-electron chi connectivity index (χ4n) is 12.8. The zero-order valence-corrected chi connectivity index (χ0v) is 43.2. The van der Waals surface area contributed by atoms with Crippen molar-refractivity contribution >= 4 is 45.0 Å². The lowest BCUT2D eigenvalue weighted by Gasteiger charge is -2.38. The van der Waals surface area contributed by atoms with Crippen LogP contribution < -0.4 is 10.7 Å². The minimum absolute atomic E-state index is 0.0423. The summed E-state index contributed by atoms with van der Waals surface area (Å²) in [5, 5.41) is 10.7. The zero-order valence-electron chi connectivity index (χ0n) is 43.2. The number of allylic oxidation sites excluding steroid dienone is 7. The number of nitrogens with one attached hydrogen (secondary N) is 1. The van der Waals surface area contributed by atoms with Gasteiger partial charge in [-0.25, -0.2) is 4.79 Å². The van der Waals surface area contributed by atoms with Crippen LogP contribution in [0.25, 0.3) is 32.9 Å². The highest BCUT2D eigenvalue weighted by atomic mass is 16.5. The number of anilines is 1. The Bertz CT molecular complexity index is 3450. The number of likely N-dealkylation sites (tertiary alicyclic amines) is 1. The SMILES string of the molecule is C=CCC1=C(C)C=C(C2CCN=C3CCN(C(=O)c4cc5cc(-c6cccc(C)c6C)ccc5n4[C@@]4(c5noc(=O)[nH]5)C[C@@H]4C)CC3=C2C[C@@H]2C=CN(c3ccc4c(cnn4CCOC)c3)C(=O)C2)C(C)C1C. The number of amides is 2. The smallest absolute Gasteiger partial charge is 0.383 e. The molecular formula is C60H66N8O5. The maximum Gasteiger partial charge on any atom is 0.438 e. The van der Waals surface area contributed by atoms with E-state index in [2.05, 4.69) is 116 Å². The summed E-state index contributed by atoms with van der Waals surface area (Å²) in [6.45, 7) is 20.2. The summed E-state index contributed by atoms with van der Waals surface area (Å²) in [5.74, 6) is 0.463. The number of hydrogen-bond acceptors (Lipinski definition) is 8. The number of aryl methyl sites for hydroxylation is 1. The Hall–Kier alpha value is -7.12. The first-order valence-corrected chi connectivity index (χ1v) is 26.1. The van der Waals surface area contributed by atoms with E-state index in [4.69, 9.17) is 14.3 Å². The fourth-order valence-corrected chi connectivity index (χ4v) is 12.8. The quantitative estimate of drug-likeness (QED) is 0.113. The van der Waals surface area contributed by atoms with E-state index in [1.165, 1.54) is 33.4 Å². The number of methoxy groups -OCH3 is 1. The second kappa shape index (κ2) is 19.1. The molecule has 3 aromatic carbocycles. The summed E-state index contributed by atoms with van der Waals surface area (Å²) in [6.07, 6.45) is 14.5. The Morgan fingerprint density at radius 1 is 1.00 bits per heavy atom. The largest absolute Gasteiger partial charge is 0.438 e. The van der Waals surface area contributed by atoms with Gasteiger partial charge in [-0.1, -0.05) is 90.7 Å². The molecule has 73 heavy (non-hydrogen) atoms. The van der Waals surface area contributed by atoms with Gasteiger partial charge in [-0.05, 0) is 134 Å². The highest BCUT2D eigenvalue weighted by molar-refractivity contribution is 6.06. The van der Waals surface area contributed by atoms with Crippen molar-refractivity contribution in [3.05, 3.63) is 159 Å². The Kier molecular flexibility index (Phi) is 12.6. The molecule has 5 aliphatic rings. The predicted octanol–water partition coefficient (Wildman–Crippen LogP) is 11.0. The number of nitrogens with zero attached hydrogens (tertiary/aromatic N) is 7. The van der Waals surface area contributed by atoms with Crippen LogP contribution in [0.4, 0.5) is 5.69 Å². The van der Waals surface area contributed by atoms with Gasteiger partial charge in [0.2, 0.25) is 5.91 Å². The molecule has 3 aromatic heterocycles. The summed E-state index contributed by atoms with van der Waals surface area (Å²) in [5.41, 5.74) is 14.7. The van der Waals surface area contributed by atoms with Crippen LogP contribution in [-0.4, -0.2) is 80.3 Å². The van der Waals surface area contributed by atoms with E-state index in [0.717, 1.165) is 62.7 Å². The normalized spacial score (nSPS) is 24.3. The van der Waals surface area contributed by atoms with Crippen LogP contribution in [0.3, 0.4) is 0 Å². The molecule has 6 heterocycles. The summed E-state index contributed by atoms with van der Waals surface area (Å²) >= 11 is 0. The standard InChI is InChI=1S/C60H66N8O5/c1-9-11-46-36(3)26-49(40(7)39(46)6)48-18-21-61-52-20-22-65(34-51(52)50(48)27-41-19-23-66(56(69)28-41)45-15-17-53-44(30-45)33-62-67(53)24-25-72-8)57(70)55-31-43-29-42(47-13-10-12-35(2)38(47)5)14-16-54(43)68(55)60(32-37(60)4)58-63-59(71)73-64-58/h9-10,12-17,19,23,26,29-31,33,37,39-41,48H,1,11,18,20-22,24-25,27-28,32,34H2,2-8H3,(H,63,64,71)/t37-,39?,40?,41-,48?,60-/m0/s1. The van der Waals surface area contributed by atoms with Crippen molar-refractivity contribution in [2.45, 2.75) is 92.2 Å². The second-order valence-corrected chi connectivity index (χ2v) is 21.3. The number of carbonyl (C=O) groups excluding carboxylic acids is 2. The second-order valence-electron chi connectivity index (χ2n) is 21.3. The van der Waals surface area contributed by atoms with Crippen molar-refractivity contribution in [2.75, 3.05) is 38.3 Å². The molecule has 3 aliphatic heterocycles. The third-order valence-corrected chi connectivity index (χ3v) is 17.2. The van der Waals surface area contributed by atoms with E-state index < -0.39 is 11.3 Å². The van der Waals surface area contributed by atoms with Crippen molar-refractivity contribution in [2.24, 2.45) is 34.6 Å². The molecule has 1 saturated heterocycles. The number of ether oxygens (including phenoxy) is 1. The van der Waals surface area contributed by atoms with E-state index in [9.17, 15) is 9.59 Å². The monoisotopic (exact) mass is 979 g/mol. The number of rotatable bonds is 13. The van der Waals surface area contributed by atoms with Gasteiger partial charge in [0.1, 0.15) is 11.2 Å². The van der Waals surface area contributed by atoms with Crippen molar-refractivity contribution in [3.8, 4) is 11.1 Å². The number of aliphatic imine (C=N–C) groups is 1. The van der Waals surface area contributed by atoms with Gasteiger partial charge in [0, 0.05) is 79.4 Å². The van der Waals surface area contributed by atoms with Crippen LogP contribution in [0.15, 0.2) is 140 Å². The summed E-state index contributed by atoms with van der Waals surface area (Å²) < 4.78 is 14.5. The molecule has 0 spiro atoms. The lowest BCUT2D eigenvalue weighted by molar-refractivity contribution is -0.118. The molecule has 2 fully saturated rings. The molecule has 1 saturated carbocycles. The minimum Gasteiger partial charge on any atom is -0.383 e. The van der Waals surface area contributed by atoms with Crippen LogP contribution in [0.1, 0.15) is 93.7 Å². The van der Waals surface area contributed by atoms with Crippen molar-refractivity contribution in [1.82, 2.24) is 29.4 Å². The van der Waals surface area contributed by atoms with Gasteiger partial charge in [-0.15, -0.1) is 6.58 Å². The van der Waals surface area contributed by atoms with Gasteiger partial charge in [-0.3, -0.25) is 33.7 Å². The van der Waals surface area contributed by atoms with Crippen molar-refractivity contribution in [3.63, 3.8) is 0 Å². The molecule has 6 atom stereocenters. The molecule has 376 valence electrons. The third kappa shape index (κ3) is 8.39. The number of hydrogen-bond donors (Lipinski definition) is 1. The summed E-state index contributed by atoms with van der Waals surface area (Å²) in [6, 6.07) is 20.9. The van der Waals surface area contributed by atoms with Gasteiger partial charge in [-0.2, -0.15) is 5.10 Å². The summed E-state index contributed by atoms with van der Waals surface area (Å²) in [7, 11) is 1.68. The van der Waals surface area contributed by atoms with E-state index in [1.807, 2.05) is 52.3 Å². The Labute approximate surface area is 426 Å². The maximum atomic E-state index is 15.7. The average molecular weight is 979 g/mol. The molecule has 2 amide bonds. The number of piperidine rings is 1. The van der Waals surface area contributed by atoms with Crippen LogP contribution in [-0.2, 0) is 21.6 Å². The van der Waals surface area contributed by atoms with Crippen LogP contribution in [0.5, 0.6) is 0 Å². The van der Waals surface area contributed by atoms with E-state index in [-0.39, 0.29) is 35.5 Å². The molecule has 0 bridgehead atoms.